The summed E-state index contributed by atoms with van der Waals surface area (Å²) in [7, 11) is 0. The second kappa shape index (κ2) is 10.6. The molecule has 0 saturated heterocycles. The van der Waals surface area contributed by atoms with Gasteiger partial charge in [-0.15, -0.1) is 24.0 Å². The number of nitrogens with zero attached hydrogens (tertiary/aromatic N) is 1. The number of carbonyl (C=O) groups is 1. The van der Waals surface area contributed by atoms with Gasteiger partial charge in [0, 0.05) is 19.1 Å². The van der Waals surface area contributed by atoms with Gasteiger partial charge in [-0.05, 0) is 55.7 Å². The van der Waals surface area contributed by atoms with E-state index in [1.807, 2.05) is 24.3 Å². The number of hydrogen-bond donors (Lipinski definition) is 3. The Kier molecular flexibility index (Phi) is 8.47. The number of halogens is 1. The Bertz CT molecular complexity index is 598. The van der Waals surface area contributed by atoms with Crippen LogP contribution in [0.5, 0.6) is 5.75 Å². The number of amides is 1. The molecule has 144 valence electrons. The summed E-state index contributed by atoms with van der Waals surface area (Å²) in [5.74, 6) is 1.93. The number of rotatable bonds is 9. The van der Waals surface area contributed by atoms with Crippen molar-refractivity contribution in [3.63, 3.8) is 0 Å². The number of carbonyl (C=O) groups excluding carboxylic acids is 1. The topological polar surface area (TPSA) is 88.7 Å². The lowest BCUT2D eigenvalue weighted by Gasteiger charge is -2.23. The van der Waals surface area contributed by atoms with E-state index in [1.54, 1.807) is 0 Å². The summed E-state index contributed by atoms with van der Waals surface area (Å²) in [5, 5.41) is 6.06. The van der Waals surface area contributed by atoms with Crippen LogP contribution in [0.15, 0.2) is 29.3 Å². The quantitative estimate of drug-likeness (QED) is 0.292. The van der Waals surface area contributed by atoms with Gasteiger partial charge in [-0.2, -0.15) is 0 Å². The number of guanidine groups is 1. The first kappa shape index (κ1) is 20.8. The van der Waals surface area contributed by atoms with Crippen LogP contribution in [0, 0.1) is 5.92 Å². The summed E-state index contributed by atoms with van der Waals surface area (Å²) in [6.07, 6.45) is 6.94. The molecule has 0 bridgehead atoms. The minimum absolute atomic E-state index is 0. The third kappa shape index (κ3) is 7.39. The molecule has 0 atom stereocenters. The highest BCUT2D eigenvalue weighted by atomic mass is 127. The van der Waals surface area contributed by atoms with Crippen LogP contribution in [0.1, 0.15) is 37.7 Å². The van der Waals surface area contributed by atoms with Crippen LogP contribution in [0.4, 0.5) is 0 Å². The van der Waals surface area contributed by atoms with Gasteiger partial charge in [0.15, 0.2) is 12.6 Å². The van der Waals surface area contributed by atoms with Crippen molar-refractivity contribution < 1.29 is 9.53 Å². The molecule has 26 heavy (non-hydrogen) atoms. The largest absolute Gasteiger partial charge is 0.484 e. The predicted molar refractivity (Wildman–Crippen MR) is 114 cm³/mol. The van der Waals surface area contributed by atoms with E-state index in [-0.39, 0.29) is 36.5 Å². The van der Waals surface area contributed by atoms with E-state index in [0.29, 0.717) is 17.8 Å². The molecule has 2 fully saturated rings. The minimum atomic E-state index is -0.0487. The van der Waals surface area contributed by atoms with E-state index in [1.165, 1.54) is 24.8 Å². The van der Waals surface area contributed by atoms with E-state index in [9.17, 15) is 4.79 Å². The van der Waals surface area contributed by atoms with Crippen molar-refractivity contribution in [3.8, 4) is 5.75 Å². The molecule has 0 unspecified atom stereocenters. The van der Waals surface area contributed by atoms with E-state index < -0.39 is 0 Å². The van der Waals surface area contributed by atoms with Crippen LogP contribution in [0.3, 0.4) is 0 Å². The predicted octanol–water partition coefficient (Wildman–Crippen LogP) is 2.21. The summed E-state index contributed by atoms with van der Waals surface area (Å²) in [6, 6.07) is 8.19. The molecule has 2 aliphatic carbocycles. The second-order valence-electron chi connectivity index (χ2n) is 6.97. The molecule has 2 saturated carbocycles. The molecule has 6 nitrogen and oxygen atoms in total. The minimum Gasteiger partial charge on any atom is -0.484 e. The van der Waals surface area contributed by atoms with Gasteiger partial charge < -0.3 is 21.1 Å². The van der Waals surface area contributed by atoms with Gasteiger partial charge in [0.25, 0.3) is 5.91 Å². The number of nitrogens with one attached hydrogen (secondary N) is 2. The number of aliphatic imine (C=N–C) groups is 1. The van der Waals surface area contributed by atoms with Crippen molar-refractivity contribution in [1.82, 2.24) is 10.6 Å². The number of benzene rings is 1. The van der Waals surface area contributed by atoms with Gasteiger partial charge in [-0.1, -0.05) is 18.6 Å². The van der Waals surface area contributed by atoms with Crippen molar-refractivity contribution in [2.45, 2.75) is 44.6 Å². The number of hydrogen-bond acceptors (Lipinski definition) is 3. The fourth-order valence-electron chi connectivity index (χ4n) is 2.69. The maximum Gasteiger partial charge on any atom is 0.258 e. The summed E-state index contributed by atoms with van der Waals surface area (Å²) in [6.45, 7) is 1.68. The van der Waals surface area contributed by atoms with Gasteiger partial charge in [-0.3, -0.25) is 9.79 Å². The second-order valence-corrected chi connectivity index (χ2v) is 6.97. The normalized spacial score (nSPS) is 17.0. The molecule has 4 N–H and O–H groups in total. The molecule has 3 rings (SSSR count). The van der Waals surface area contributed by atoms with Crippen LogP contribution >= 0.6 is 24.0 Å². The van der Waals surface area contributed by atoms with E-state index in [4.69, 9.17) is 10.5 Å². The molecular weight excluding hydrogens is 443 g/mol. The number of ether oxygens (including phenoxy) is 1. The molecular formula is C19H29IN4O2. The Hall–Kier alpha value is -1.51. The lowest BCUT2D eigenvalue weighted by molar-refractivity contribution is -0.123. The Labute approximate surface area is 172 Å². The van der Waals surface area contributed by atoms with E-state index in [0.717, 1.165) is 38.3 Å². The lowest BCUT2D eigenvalue weighted by Crippen LogP contribution is -2.34. The SMILES string of the molecule is I.NC(=NCC1CCC1)NCCc1ccc(OCC(=O)NC2CC2)cc1. The summed E-state index contributed by atoms with van der Waals surface area (Å²) < 4.78 is 5.50. The standard InChI is InChI=1S/C19H28N4O2.HI/c20-19(22-12-15-2-1-3-15)21-11-10-14-4-8-17(9-5-14)25-13-18(24)23-16-6-7-16;/h4-5,8-9,15-16H,1-3,6-7,10-13H2,(H,23,24)(H3,20,21,22);1H. The zero-order valence-electron chi connectivity index (χ0n) is 15.1. The Balaban J connectivity index is 0.00000243. The van der Waals surface area contributed by atoms with Crippen LogP contribution in [0.2, 0.25) is 0 Å². The lowest BCUT2D eigenvalue weighted by atomic mass is 9.86. The Morgan fingerprint density at radius 2 is 1.92 bits per heavy atom. The van der Waals surface area contributed by atoms with Gasteiger partial charge in [0.05, 0.1) is 0 Å². The van der Waals surface area contributed by atoms with Gasteiger partial charge in [0.2, 0.25) is 0 Å². The van der Waals surface area contributed by atoms with Crippen LogP contribution in [-0.4, -0.2) is 37.6 Å². The highest BCUT2D eigenvalue weighted by molar-refractivity contribution is 14.0. The number of nitrogens with two attached hydrogens (primary N) is 1. The molecule has 0 radical (unpaired) electrons. The summed E-state index contributed by atoms with van der Waals surface area (Å²) in [4.78, 5) is 16.0. The Morgan fingerprint density at radius 3 is 2.54 bits per heavy atom. The summed E-state index contributed by atoms with van der Waals surface area (Å²) in [5.41, 5.74) is 7.07. The first-order valence-corrected chi connectivity index (χ1v) is 9.24. The zero-order chi connectivity index (χ0) is 17.5. The average Bonchev–Trinajstić information content (AvgIpc) is 3.36. The van der Waals surface area contributed by atoms with Gasteiger partial charge in [0.1, 0.15) is 5.75 Å². The van der Waals surface area contributed by atoms with Crippen molar-refractivity contribution in [2.24, 2.45) is 16.6 Å². The van der Waals surface area contributed by atoms with E-state index >= 15 is 0 Å². The molecule has 2 aliphatic rings. The summed E-state index contributed by atoms with van der Waals surface area (Å²) >= 11 is 0. The average molecular weight is 472 g/mol. The molecule has 1 aromatic carbocycles. The fraction of sp³-hybridized carbons (Fsp3) is 0.579. The van der Waals surface area contributed by atoms with E-state index in [2.05, 4.69) is 15.6 Å². The zero-order valence-corrected chi connectivity index (χ0v) is 17.4. The van der Waals surface area contributed by atoms with Crippen molar-refractivity contribution in [2.75, 3.05) is 19.7 Å². The van der Waals surface area contributed by atoms with Gasteiger partial charge >= 0.3 is 0 Å². The van der Waals surface area contributed by atoms with Crippen molar-refractivity contribution in [3.05, 3.63) is 29.8 Å². The third-order valence-corrected chi connectivity index (χ3v) is 4.70. The van der Waals surface area contributed by atoms with Crippen LogP contribution in [-0.2, 0) is 11.2 Å². The maximum absolute atomic E-state index is 11.6. The fourth-order valence-corrected chi connectivity index (χ4v) is 2.69. The first-order valence-electron chi connectivity index (χ1n) is 9.24. The van der Waals surface area contributed by atoms with Crippen molar-refractivity contribution >= 4 is 35.8 Å². The molecule has 0 heterocycles. The third-order valence-electron chi connectivity index (χ3n) is 4.70. The highest BCUT2D eigenvalue weighted by Gasteiger charge is 2.23. The molecule has 1 amide bonds. The molecule has 1 aromatic rings. The van der Waals surface area contributed by atoms with Crippen molar-refractivity contribution in [1.29, 1.82) is 0 Å². The molecule has 0 aliphatic heterocycles. The molecule has 0 spiro atoms. The monoisotopic (exact) mass is 472 g/mol. The smallest absolute Gasteiger partial charge is 0.258 e. The first-order chi connectivity index (χ1) is 12.2. The molecule has 0 aromatic heterocycles. The van der Waals surface area contributed by atoms with Gasteiger partial charge in [-0.25, -0.2) is 0 Å². The molecule has 7 heteroatoms. The van der Waals surface area contributed by atoms with Crippen LogP contribution < -0.4 is 21.1 Å². The Morgan fingerprint density at radius 1 is 1.19 bits per heavy atom. The highest BCUT2D eigenvalue weighted by Crippen LogP contribution is 2.26. The van der Waals surface area contributed by atoms with Crippen LogP contribution in [0.25, 0.3) is 0 Å². The maximum atomic E-state index is 11.6.